The molecule has 1 heterocycles. The van der Waals surface area contributed by atoms with Gasteiger partial charge in [-0.3, -0.25) is 4.90 Å². The topological polar surface area (TPSA) is 49.8 Å². The Bertz CT molecular complexity index is 697. The number of cyclic esters (lactones) is 1. The molecule has 126 valence electrons. The maximum Gasteiger partial charge on any atom is 0.413 e. The van der Waals surface area contributed by atoms with Gasteiger partial charge in [-0.15, -0.1) is 0 Å². The summed E-state index contributed by atoms with van der Waals surface area (Å²) in [6, 6.07) is 19.6. The average molecular weight is 325 g/mol. The van der Waals surface area contributed by atoms with E-state index in [1.165, 1.54) is 4.90 Å². The van der Waals surface area contributed by atoms with Gasteiger partial charge in [-0.25, -0.2) is 4.79 Å². The molecule has 2 aromatic carbocycles. The lowest BCUT2D eigenvalue weighted by Crippen LogP contribution is -2.54. The van der Waals surface area contributed by atoms with Gasteiger partial charge >= 0.3 is 6.09 Å². The summed E-state index contributed by atoms with van der Waals surface area (Å²) in [6.07, 6.45) is 0.820. The highest BCUT2D eigenvalue weighted by atomic mass is 16.6. The van der Waals surface area contributed by atoms with Gasteiger partial charge in [0, 0.05) is 0 Å². The van der Waals surface area contributed by atoms with Crippen LogP contribution in [0, 0.1) is 0 Å². The number of hydrogen-bond donors (Lipinski definition) is 1. The minimum atomic E-state index is -1.37. The first-order chi connectivity index (χ1) is 11.4. The van der Waals surface area contributed by atoms with Crippen molar-refractivity contribution in [3.05, 3.63) is 71.8 Å². The zero-order valence-electron chi connectivity index (χ0n) is 14.1. The van der Waals surface area contributed by atoms with Gasteiger partial charge in [0.1, 0.15) is 0 Å². The predicted molar refractivity (Wildman–Crippen MR) is 92.3 cm³/mol. The fourth-order valence-corrected chi connectivity index (χ4v) is 3.11. The summed E-state index contributed by atoms with van der Waals surface area (Å²) in [6.45, 7) is 3.79. The lowest BCUT2D eigenvalue weighted by atomic mass is 9.87. The smallest absolute Gasteiger partial charge is 0.413 e. The second-order valence-electron chi connectivity index (χ2n) is 6.68. The second kappa shape index (κ2) is 6.29. The molecule has 0 aliphatic carbocycles. The first-order valence-corrected chi connectivity index (χ1v) is 8.23. The van der Waals surface area contributed by atoms with Crippen molar-refractivity contribution in [2.45, 2.75) is 44.6 Å². The van der Waals surface area contributed by atoms with Gasteiger partial charge in [-0.1, -0.05) is 60.7 Å². The van der Waals surface area contributed by atoms with Crippen molar-refractivity contribution in [1.29, 1.82) is 0 Å². The average Bonchev–Trinajstić information content (AvgIpc) is 2.75. The number of carbonyl (C=O) groups excluding carboxylic acids is 1. The number of ether oxygens (including phenoxy) is 1. The normalized spacial score (nSPS) is 26.5. The molecule has 3 rings (SSSR count). The molecule has 2 aromatic rings. The van der Waals surface area contributed by atoms with E-state index in [0.717, 1.165) is 17.5 Å². The van der Waals surface area contributed by atoms with E-state index in [0.29, 0.717) is 13.0 Å². The molecule has 1 amide bonds. The molecule has 4 nitrogen and oxygen atoms in total. The molecule has 1 fully saturated rings. The molecule has 0 aromatic heterocycles. The molecular weight excluding hydrogens is 302 g/mol. The van der Waals surface area contributed by atoms with E-state index in [1.54, 1.807) is 13.8 Å². The van der Waals surface area contributed by atoms with Gasteiger partial charge in [0.05, 0.1) is 6.54 Å². The summed E-state index contributed by atoms with van der Waals surface area (Å²) in [5, 5.41) is 11.1. The van der Waals surface area contributed by atoms with E-state index < -0.39 is 17.4 Å². The molecular formula is C20H23NO3. The first-order valence-electron chi connectivity index (χ1n) is 8.23. The van der Waals surface area contributed by atoms with E-state index in [2.05, 4.69) is 0 Å². The number of benzene rings is 2. The molecule has 0 spiro atoms. The van der Waals surface area contributed by atoms with E-state index in [9.17, 15) is 9.90 Å². The fraction of sp³-hybridized carbons (Fsp3) is 0.350. The van der Waals surface area contributed by atoms with Crippen molar-refractivity contribution in [3.63, 3.8) is 0 Å². The number of carbonyl (C=O) groups is 1. The van der Waals surface area contributed by atoms with Gasteiger partial charge in [0.25, 0.3) is 0 Å². The molecule has 0 radical (unpaired) electrons. The summed E-state index contributed by atoms with van der Waals surface area (Å²) in [7, 11) is 0. The Hall–Kier alpha value is -2.33. The van der Waals surface area contributed by atoms with Crippen LogP contribution in [0.4, 0.5) is 4.79 Å². The van der Waals surface area contributed by atoms with Crippen molar-refractivity contribution in [1.82, 2.24) is 4.90 Å². The van der Waals surface area contributed by atoms with E-state index in [4.69, 9.17) is 4.74 Å². The number of nitrogens with zero attached hydrogens (tertiary/aromatic N) is 1. The van der Waals surface area contributed by atoms with Crippen LogP contribution in [0.1, 0.15) is 31.4 Å². The van der Waals surface area contributed by atoms with Crippen LogP contribution in [0.5, 0.6) is 0 Å². The molecule has 1 aliphatic rings. The van der Waals surface area contributed by atoms with Crippen LogP contribution >= 0.6 is 0 Å². The minimum Gasteiger partial charge on any atom is -0.438 e. The van der Waals surface area contributed by atoms with Gasteiger partial charge in [0.2, 0.25) is 0 Å². The van der Waals surface area contributed by atoms with Crippen LogP contribution < -0.4 is 0 Å². The summed E-state index contributed by atoms with van der Waals surface area (Å²) in [4.78, 5) is 13.8. The number of amides is 1. The van der Waals surface area contributed by atoms with Crippen LogP contribution in [0.2, 0.25) is 0 Å². The monoisotopic (exact) mass is 325 g/mol. The third-order valence-electron chi connectivity index (χ3n) is 4.98. The summed E-state index contributed by atoms with van der Waals surface area (Å²) in [5.41, 5.74) is -0.197. The molecule has 1 N–H and O–H groups in total. The minimum absolute atomic E-state index is 0.327. The van der Waals surface area contributed by atoms with E-state index >= 15 is 0 Å². The first kappa shape index (κ1) is 16.5. The van der Waals surface area contributed by atoms with Crippen LogP contribution in [-0.4, -0.2) is 27.4 Å². The van der Waals surface area contributed by atoms with Crippen LogP contribution in [-0.2, 0) is 17.7 Å². The quantitative estimate of drug-likeness (QED) is 0.911. The number of aryl methyl sites for hydroxylation is 1. The molecule has 0 unspecified atom stereocenters. The third-order valence-corrected chi connectivity index (χ3v) is 4.98. The highest BCUT2D eigenvalue weighted by Crippen LogP contribution is 2.41. The number of aliphatic hydroxyl groups is 1. The van der Waals surface area contributed by atoms with Crippen molar-refractivity contribution in [3.8, 4) is 0 Å². The van der Waals surface area contributed by atoms with Gasteiger partial charge < -0.3 is 9.84 Å². The van der Waals surface area contributed by atoms with Crippen molar-refractivity contribution < 1.29 is 14.6 Å². The predicted octanol–water partition coefficient (Wildman–Crippen LogP) is 3.74. The molecule has 24 heavy (non-hydrogen) atoms. The number of rotatable bonds is 5. The molecule has 1 aliphatic heterocycles. The van der Waals surface area contributed by atoms with Crippen LogP contribution in [0.25, 0.3) is 0 Å². The highest BCUT2D eigenvalue weighted by molar-refractivity contribution is 5.72. The van der Waals surface area contributed by atoms with Crippen LogP contribution in [0.3, 0.4) is 0 Å². The maximum atomic E-state index is 12.4. The molecule has 4 heteroatoms. The largest absolute Gasteiger partial charge is 0.438 e. The fourth-order valence-electron chi connectivity index (χ4n) is 3.11. The molecule has 2 atom stereocenters. The third kappa shape index (κ3) is 3.02. The van der Waals surface area contributed by atoms with E-state index in [1.807, 2.05) is 60.7 Å². The van der Waals surface area contributed by atoms with Gasteiger partial charge in [-0.2, -0.15) is 0 Å². The lowest BCUT2D eigenvalue weighted by molar-refractivity contribution is -0.141. The SMILES string of the molecule is C[C@]1(CCc2ccccc2)OC(=O)N(Cc2ccccc2)[C@]1(C)O. The van der Waals surface area contributed by atoms with Crippen LogP contribution in [0.15, 0.2) is 60.7 Å². The van der Waals surface area contributed by atoms with Crippen molar-refractivity contribution in [2.24, 2.45) is 0 Å². The Morgan fingerprint density at radius 2 is 1.50 bits per heavy atom. The second-order valence-corrected chi connectivity index (χ2v) is 6.68. The summed E-state index contributed by atoms with van der Waals surface area (Å²) in [5.74, 6) is 0. The Morgan fingerprint density at radius 1 is 0.958 bits per heavy atom. The standard InChI is InChI=1S/C20H23NO3/c1-19(14-13-16-9-5-3-6-10-16)20(2,23)21(18(22)24-19)15-17-11-7-4-8-12-17/h3-12,23H,13-15H2,1-2H3/t19-,20-/m1/s1. The zero-order chi connectivity index (χ0) is 17.2. The molecule has 0 saturated carbocycles. The Kier molecular flexibility index (Phi) is 4.33. The number of hydrogen-bond acceptors (Lipinski definition) is 3. The molecule has 0 bridgehead atoms. The summed E-state index contributed by atoms with van der Waals surface area (Å²) >= 11 is 0. The van der Waals surface area contributed by atoms with Gasteiger partial charge in [0.15, 0.2) is 11.3 Å². The Morgan fingerprint density at radius 3 is 2.08 bits per heavy atom. The highest BCUT2D eigenvalue weighted by Gasteiger charge is 2.58. The van der Waals surface area contributed by atoms with Gasteiger partial charge in [-0.05, 0) is 37.8 Å². The molecule has 1 saturated heterocycles. The van der Waals surface area contributed by atoms with Crippen molar-refractivity contribution in [2.75, 3.05) is 0 Å². The summed E-state index contributed by atoms with van der Waals surface area (Å²) < 4.78 is 5.61. The maximum absolute atomic E-state index is 12.4. The lowest BCUT2D eigenvalue weighted by Gasteiger charge is -2.37. The Labute approximate surface area is 142 Å². The van der Waals surface area contributed by atoms with Crippen molar-refractivity contribution >= 4 is 6.09 Å². The zero-order valence-corrected chi connectivity index (χ0v) is 14.1. The van der Waals surface area contributed by atoms with E-state index in [-0.39, 0.29) is 0 Å². The Balaban J connectivity index is 1.76.